The van der Waals surface area contributed by atoms with Crippen molar-refractivity contribution in [3.63, 3.8) is 0 Å². The van der Waals surface area contributed by atoms with E-state index < -0.39 is 10.2 Å². The molecule has 0 N–H and O–H groups in total. The molecule has 5 rings (SSSR count). The summed E-state index contributed by atoms with van der Waals surface area (Å²) >= 11 is 0. The molecule has 8 heteroatoms. The second-order valence-electron chi connectivity index (χ2n) is 9.09. The van der Waals surface area contributed by atoms with E-state index in [0.29, 0.717) is 12.0 Å². The molecule has 7 nitrogen and oxygen atoms in total. The minimum absolute atomic E-state index is 0.655. The molecule has 3 unspecified atom stereocenters. The first-order valence-electron chi connectivity index (χ1n) is 11.6. The number of fused-ring (bicyclic) bond motifs is 3. The quantitative estimate of drug-likeness (QED) is 0.467. The lowest BCUT2D eigenvalue weighted by Crippen LogP contribution is -2.68. The van der Waals surface area contributed by atoms with Crippen molar-refractivity contribution in [3.8, 4) is 0 Å². The molecule has 1 aromatic heterocycles. The molecule has 2 aliphatic carbocycles. The first kappa shape index (κ1) is 24.6. The summed E-state index contributed by atoms with van der Waals surface area (Å²) in [4.78, 5) is 2.67. The van der Waals surface area contributed by atoms with E-state index in [0.717, 1.165) is 11.5 Å². The zero-order chi connectivity index (χ0) is 24.3. The van der Waals surface area contributed by atoms with Gasteiger partial charge in [0.25, 0.3) is 0 Å². The average Bonchev–Trinajstić information content (AvgIpc) is 3.12. The largest absolute Gasteiger partial charge is 0.341 e. The predicted molar refractivity (Wildman–Crippen MR) is 119 cm³/mol. The predicted octanol–water partition coefficient (Wildman–Crippen LogP) is 0.556. The Morgan fingerprint density at radius 3 is 2.32 bits per heavy atom. The molecular weight excluding hydrogens is 454 g/mol. The normalized spacial score (nSPS) is 23.8. The third kappa shape index (κ3) is 5.74. The van der Waals surface area contributed by atoms with Crippen molar-refractivity contribution >= 4 is 11.9 Å². The van der Waals surface area contributed by atoms with Gasteiger partial charge in [-0.3, -0.25) is 0 Å². The van der Waals surface area contributed by atoms with E-state index in [1.165, 1.54) is 54.9 Å². The average molecular weight is 484 g/mol. The van der Waals surface area contributed by atoms with Gasteiger partial charge < -0.3 is 4.90 Å². The van der Waals surface area contributed by atoms with Gasteiger partial charge in [-0.1, -0.05) is 60.0 Å². The van der Waals surface area contributed by atoms with Crippen molar-refractivity contribution in [2.75, 3.05) is 4.90 Å². The van der Waals surface area contributed by atoms with Crippen LogP contribution in [0.25, 0.3) is 0 Å². The number of aryl methyl sites for hydroxylation is 2. The highest BCUT2D eigenvalue weighted by molar-refractivity contribution is 5.78. The van der Waals surface area contributed by atoms with E-state index in [4.69, 9.17) is 23.7 Å². The maximum Gasteiger partial charge on any atom is 0.213 e. The fourth-order valence-electron chi connectivity index (χ4n) is 5.61. The lowest BCUT2D eigenvalue weighted by molar-refractivity contribution is -2.00. The van der Waals surface area contributed by atoms with Crippen LogP contribution in [0.5, 0.6) is 0 Å². The first-order chi connectivity index (χ1) is 16.2. The summed E-state index contributed by atoms with van der Waals surface area (Å²) in [5.41, 5.74) is 6.35. The maximum absolute atomic E-state index is 8.49. The van der Waals surface area contributed by atoms with Crippen LogP contribution in [0.3, 0.4) is 0 Å². The molecule has 34 heavy (non-hydrogen) atoms. The van der Waals surface area contributed by atoms with Gasteiger partial charge >= 0.3 is 0 Å². The Balaban J connectivity index is 0.000000499. The van der Waals surface area contributed by atoms with Gasteiger partial charge in [0.05, 0.1) is 5.69 Å². The Hall–Kier alpha value is -2.55. The zero-order valence-corrected chi connectivity index (χ0v) is 20.2. The van der Waals surface area contributed by atoms with Gasteiger partial charge in [0, 0.05) is 43.6 Å². The van der Waals surface area contributed by atoms with Crippen LogP contribution in [-0.4, -0.2) is 12.3 Å². The highest BCUT2D eigenvalue weighted by Crippen LogP contribution is 2.50. The van der Waals surface area contributed by atoms with Crippen molar-refractivity contribution in [3.05, 3.63) is 83.3 Å². The molecule has 0 spiro atoms. The van der Waals surface area contributed by atoms with Crippen molar-refractivity contribution in [2.24, 2.45) is 16.9 Å². The summed E-state index contributed by atoms with van der Waals surface area (Å²) in [6, 6.07) is 15.6. The third-order valence-corrected chi connectivity index (χ3v) is 6.86. The van der Waals surface area contributed by atoms with Crippen molar-refractivity contribution in [1.29, 1.82) is 0 Å². The van der Waals surface area contributed by atoms with E-state index in [-0.39, 0.29) is 0 Å². The van der Waals surface area contributed by atoms with Crippen LogP contribution in [0.15, 0.2) is 71.5 Å². The van der Waals surface area contributed by atoms with Crippen molar-refractivity contribution < 1.29 is 33.6 Å². The minimum atomic E-state index is -4.94. The standard InChI is InChI=1S/C26H30N3.ClHO4/c1-19-16-22(17-20(2)29(19)27-18-21-10-4-3-5-11-21)28-25-14-8-6-12-23(25)24-13-7-9-15-26(24)28;2-1(3,4)5/h3-6,8,10-11,14,16-18,23-24,26H,7,9,12-13,15H2,1-2H3;(H,2,3,4,5)/q+1;/p-1. The summed E-state index contributed by atoms with van der Waals surface area (Å²) in [6.07, 6.45) is 15.6. The summed E-state index contributed by atoms with van der Waals surface area (Å²) in [5.74, 6) is 1.51. The fraction of sp³-hybridized carbons (Fsp3) is 0.385. The summed E-state index contributed by atoms with van der Waals surface area (Å²) in [7, 11) is -4.94. The van der Waals surface area contributed by atoms with Gasteiger partial charge in [-0.05, 0) is 41.9 Å². The molecule has 180 valence electrons. The zero-order valence-electron chi connectivity index (χ0n) is 19.5. The maximum atomic E-state index is 8.49. The fourth-order valence-corrected chi connectivity index (χ4v) is 5.61. The monoisotopic (exact) mass is 483 g/mol. The highest BCUT2D eigenvalue weighted by atomic mass is 35.7. The number of anilines is 1. The van der Waals surface area contributed by atoms with E-state index in [9.17, 15) is 0 Å². The molecule has 0 amide bonds. The van der Waals surface area contributed by atoms with Crippen molar-refractivity contribution in [2.45, 2.75) is 52.0 Å². The number of hydrogen-bond acceptors (Lipinski definition) is 6. The number of rotatable bonds is 3. The third-order valence-electron chi connectivity index (χ3n) is 6.86. The lowest BCUT2D eigenvalue weighted by atomic mass is 9.77. The highest BCUT2D eigenvalue weighted by Gasteiger charge is 2.46. The van der Waals surface area contributed by atoms with Crippen LogP contribution in [0.2, 0.25) is 0 Å². The SMILES string of the molecule is Cc1cc(N2C3=CC=CCC3C3CCCCC32)cc(C)[n+]1N=Cc1ccccc1.[O-][Cl+3]([O-])([O-])[O-]. The molecule has 2 aromatic rings. The molecule has 1 aliphatic heterocycles. The molecule has 2 fully saturated rings. The van der Waals surface area contributed by atoms with Crippen LogP contribution in [0.1, 0.15) is 49.1 Å². The van der Waals surface area contributed by atoms with Gasteiger partial charge in [0.2, 0.25) is 11.4 Å². The Kier molecular flexibility index (Phi) is 7.50. The second kappa shape index (κ2) is 10.4. The summed E-state index contributed by atoms with van der Waals surface area (Å²) in [5, 5.41) is 4.75. The Morgan fingerprint density at radius 1 is 1.00 bits per heavy atom. The van der Waals surface area contributed by atoms with E-state index in [1.807, 2.05) is 24.4 Å². The van der Waals surface area contributed by atoms with Crippen LogP contribution in [0.4, 0.5) is 5.69 Å². The Labute approximate surface area is 202 Å². The van der Waals surface area contributed by atoms with Gasteiger partial charge in [-0.25, -0.2) is 18.6 Å². The molecule has 1 aromatic carbocycles. The van der Waals surface area contributed by atoms with Gasteiger partial charge in [-0.2, -0.15) is 0 Å². The topological polar surface area (TPSA) is 112 Å². The molecule has 1 saturated carbocycles. The van der Waals surface area contributed by atoms with E-state index >= 15 is 0 Å². The number of halogens is 1. The summed E-state index contributed by atoms with van der Waals surface area (Å²) in [6.45, 7) is 4.33. The van der Waals surface area contributed by atoms with Crippen LogP contribution in [0, 0.1) is 35.9 Å². The number of benzene rings is 1. The van der Waals surface area contributed by atoms with Crippen molar-refractivity contribution in [1.82, 2.24) is 0 Å². The molecule has 1 saturated heterocycles. The number of nitrogens with zero attached hydrogens (tertiary/aromatic N) is 3. The number of hydrogen-bond donors (Lipinski definition) is 0. The number of allylic oxidation sites excluding steroid dienone is 4. The number of pyridine rings is 1. The molecule has 3 atom stereocenters. The van der Waals surface area contributed by atoms with E-state index in [2.05, 4.69) is 65.9 Å². The van der Waals surface area contributed by atoms with E-state index in [1.54, 1.807) is 0 Å². The van der Waals surface area contributed by atoms with Crippen LogP contribution in [-0.2, 0) is 0 Å². The van der Waals surface area contributed by atoms with Gasteiger partial charge in [0.1, 0.15) is 6.21 Å². The number of aromatic nitrogens is 1. The second-order valence-corrected chi connectivity index (χ2v) is 9.84. The molecule has 0 bridgehead atoms. The molecule has 0 radical (unpaired) electrons. The lowest BCUT2D eigenvalue weighted by Gasteiger charge is -2.33. The van der Waals surface area contributed by atoms with Gasteiger partial charge in [0.15, 0.2) is 0 Å². The molecular formula is C26H30ClN3O4. The molecule has 2 heterocycles. The van der Waals surface area contributed by atoms with Crippen LogP contribution < -0.4 is 28.2 Å². The minimum Gasteiger partial charge on any atom is -0.341 e. The van der Waals surface area contributed by atoms with Crippen LogP contribution >= 0.6 is 0 Å². The summed E-state index contributed by atoms with van der Waals surface area (Å²) < 4.78 is 36.0. The first-order valence-corrected chi connectivity index (χ1v) is 12.9. The van der Waals surface area contributed by atoms with Gasteiger partial charge in [-0.15, -0.1) is 10.2 Å². The Bertz CT molecular complexity index is 1070. The smallest absolute Gasteiger partial charge is 0.213 e. The molecule has 3 aliphatic rings. The Morgan fingerprint density at radius 2 is 1.65 bits per heavy atom.